The smallest absolute Gasteiger partial charge is 0.259 e. The number of nitrogens with zero attached hydrogens (tertiary/aromatic N) is 2. The Morgan fingerprint density at radius 3 is 2.58 bits per heavy atom. The normalized spacial score (nSPS) is 11.4. The molecule has 24 heavy (non-hydrogen) atoms. The minimum atomic E-state index is -0.715. The van der Waals surface area contributed by atoms with Crippen molar-refractivity contribution in [3.05, 3.63) is 77.0 Å². The second-order valence-electron chi connectivity index (χ2n) is 5.75. The lowest BCUT2D eigenvalue weighted by atomic mass is 10.1. The van der Waals surface area contributed by atoms with Crippen molar-refractivity contribution >= 4 is 22.9 Å². The number of para-hydroxylation sites is 1. The summed E-state index contributed by atoms with van der Waals surface area (Å²) in [6, 6.07) is 18.1. The number of carbonyl (C=O) groups excluding carboxylic acids is 1. The van der Waals surface area contributed by atoms with Crippen LogP contribution in [0.15, 0.2) is 60.3 Å². The second kappa shape index (κ2) is 6.43. The van der Waals surface area contributed by atoms with Gasteiger partial charge in [-0.15, -0.1) is 0 Å². The van der Waals surface area contributed by atoms with Crippen LogP contribution >= 0.6 is 0 Å². The van der Waals surface area contributed by atoms with Gasteiger partial charge in [0.05, 0.1) is 0 Å². The van der Waals surface area contributed by atoms with Gasteiger partial charge in [-0.25, -0.2) is 0 Å². The predicted molar refractivity (Wildman–Crippen MR) is 95.0 cm³/mol. The third kappa shape index (κ3) is 3.06. The van der Waals surface area contributed by atoms with E-state index in [9.17, 15) is 4.79 Å². The van der Waals surface area contributed by atoms with E-state index in [0.717, 1.165) is 16.5 Å². The summed E-state index contributed by atoms with van der Waals surface area (Å²) in [6.07, 6.45) is 3.50. The number of hydrogen-bond donors (Lipinski definition) is 1. The Bertz CT molecular complexity index is 972. The van der Waals surface area contributed by atoms with Gasteiger partial charge in [-0.2, -0.15) is 5.26 Å². The SMILES string of the molecule is Cc1ccc(Cn2cc(C=C(C#N)C(N)=O)c3ccccc32)cc1. The summed E-state index contributed by atoms with van der Waals surface area (Å²) < 4.78 is 2.11. The third-order valence-corrected chi connectivity index (χ3v) is 3.98. The predicted octanol–water partition coefficient (Wildman–Crippen LogP) is 3.39. The van der Waals surface area contributed by atoms with Gasteiger partial charge in [0.1, 0.15) is 11.6 Å². The molecular weight excluding hydrogens is 298 g/mol. The number of benzene rings is 2. The molecule has 0 spiro atoms. The van der Waals surface area contributed by atoms with Gasteiger partial charge in [-0.3, -0.25) is 4.79 Å². The summed E-state index contributed by atoms with van der Waals surface area (Å²) in [6.45, 7) is 2.78. The molecule has 4 heteroatoms. The fourth-order valence-electron chi connectivity index (χ4n) is 2.73. The van der Waals surface area contributed by atoms with Crippen LogP contribution in [0.1, 0.15) is 16.7 Å². The molecule has 2 N–H and O–H groups in total. The summed E-state index contributed by atoms with van der Waals surface area (Å²) in [7, 11) is 0. The fraction of sp³-hybridized carbons (Fsp3) is 0.100. The van der Waals surface area contributed by atoms with Crippen molar-refractivity contribution in [2.45, 2.75) is 13.5 Å². The lowest BCUT2D eigenvalue weighted by Crippen LogP contribution is -2.12. The van der Waals surface area contributed by atoms with E-state index in [-0.39, 0.29) is 5.57 Å². The van der Waals surface area contributed by atoms with Crippen molar-refractivity contribution in [2.75, 3.05) is 0 Å². The van der Waals surface area contributed by atoms with Gasteiger partial charge in [0.15, 0.2) is 0 Å². The maximum absolute atomic E-state index is 11.3. The number of carbonyl (C=O) groups is 1. The topological polar surface area (TPSA) is 71.8 Å². The zero-order valence-corrected chi connectivity index (χ0v) is 13.4. The zero-order valence-electron chi connectivity index (χ0n) is 13.4. The molecule has 0 saturated carbocycles. The Balaban J connectivity index is 2.08. The van der Waals surface area contributed by atoms with Crippen LogP contribution in [-0.2, 0) is 11.3 Å². The van der Waals surface area contributed by atoms with Crippen LogP contribution < -0.4 is 5.73 Å². The second-order valence-corrected chi connectivity index (χ2v) is 5.75. The molecule has 0 unspecified atom stereocenters. The number of rotatable bonds is 4. The van der Waals surface area contributed by atoms with Crippen LogP contribution in [0.3, 0.4) is 0 Å². The van der Waals surface area contributed by atoms with Crippen LogP contribution in [-0.4, -0.2) is 10.5 Å². The maximum atomic E-state index is 11.3. The molecule has 0 bridgehead atoms. The molecule has 1 aromatic heterocycles. The lowest BCUT2D eigenvalue weighted by Gasteiger charge is -2.06. The van der Waals surface area contributed by atoms with E-state index < -0.39 is 5.91 Å². The molecule has 0 fully saturated rings. The van der Waals surface area contributed by atoms with Gasteiger partial charge >= 0.3 is 0 Å². The summed E-state index contributed by atoms with van der Waals surface area (Å²) in [4.78, 5) is 11.3. The third-order valence-electron chi connectivity index (χ3n) is 3.98. The van der Waals surface area contributed by atoms with Gasteiger partial charge in [0, 0.05) is 29.2 Å². The lowest BCUT2D eigenvalue weighted by molar-refractivity contribution is -0.114. The largest absolute Gasteiger partial charge is 0.365 e. The van der Waals surface area contributed by atoms with Gasteiger partial charge < -0.3 is 10.3 Å². The average Bonchev–Trinajstić information content (AvgIpc) is 2.92. The van der Waals surface area contributed by atoms with Crippen molar-refractivity contribution in [3.63, 3.8) is 0 Å². The number of aromatic nitrogens is 1. The monoisotopic (exact) mass is 315 g/mol. The number of hydrogen-bond acceptors (Lipinski definition) is 2. The quantitative estimate of drug-likeness (QED) is 0.592. The first-order chi connectivity index (χ1) is 11.6. The molecule has 2 aromatic carbocycles. The van der Waals surface area contributed by atoms with E-state index in [0.29, 0.717) is 6.54 Å². The highest BCUT2D eigenvalue weighted by Crippen LogP contribution is 2.24. The molecule has 0 atom stereocenters. The molecule has 0 aliphatic carbocycles. The van der Waals surface area contributed by atoms with Gasteiger partial charge in [0.2, 0.25) is 0 Å². The highest BCUT2D eigenvalue weighted by Gasteiger charge is 2.10. The number of nitrogens with two attached hydrogens (primary N) is 1. The Kier molecular flexibility index (Phi) is 4.17. The molecule has 4 nitrogen and oxygen atoms in total. The highest BCUT2D eigenvalue weighted by molar-refractivity contribution is 6.03. The van der Waals surface area contributed by atoms with Crippen molar-refractivity contribution in [2.24, 2.45) is 5.73 Å². The molecule has 0 aliphatic rings. The van der Waals surface area contributed by atoms with E-state index in [4.69, 9.17) is 11.0 Å². The van der Waals surface area contributed by atoms with E-state index in [1.165, 1.54) is 11.1 Å². The molecule has 0 saturated heterocycles. The standard InChI is InChI=1S/C20H17N3O/c1-14-6-8-15(9-7-14)12-23-13-17(10-16(11-21)20(22)24)18-4-2-3-5-19(18)23/h2-10,13H,12H2,1H3,(H2,22,24). The van der Waals surface area contributed by atoms with Crippen LogP contribution in [0.4, 0.5) is 0 Å². The van der Waals surface area contributed by atoms with Crippen LogP contribution in [0, 0.1) is 18.3 Å². The van der Waals surface area contributed by atoms with Crippen molar-refractivity contribution in [1.29, 1.82) is 5.26 Å². The van der Waals surface area contributed by atoms with Crippen molar-refractivity contribution in [1.82, 2.24) is 4.57 Å². The first-order valence-corrected chi connectivity index (χ1v) is 7.63. The molecule has 1 heterocycles. The molecule has 3 rings (SSSR count). The molecule has 1 amide bonds. The molecular formula is C20H17N3O. The van der Waals surface area contributed by atoms with E-state index in [2.05, 4.69) is 35.8 Å². The zero-order chi connectivity index (χ0) is 17.1. The Morgan fingerprint density at radius 2 is 1.92 bits per heavy atom. The van der Waals surface area contributed by atoms with Crippen LogP contribution in [0.5, 0.6) is 0 Å². The Labute approximate surface area is 140 Å². The fourth-order valence-corrected chi connectivity index (χ4v) is 2.73. The summed E-state index contributed by atoms with van der Waals surface area (Å²) in [5, 5.41) is 10.1. The van der Waals surface area contributed by atoms with E-state index >= 15 is 0 Å². The maximum Gasteiger partial charge on any atom is 0.259 e. The van der Waals surface area contributed by atoms with Crippen molar-refractivity contribution < 1.29 is 4.79 Å². The number of fused-ring (bicyclic) bond motifs is 1. The highest BCUT2D eigenvalue weighted by atomic mass is 16.1. The molecule has 0 aliphatic heterocycles. The Morgan fingerprint density at radius 1 is 1.21 bits per heavy atom. The minimum absolute atomic E-state index is 0.0479. The summed E-state index contributed by atoms with van der Waals surface area (Å²) in [5.74, 6) is -0.715. The molecule has 0 radical (unpaired) electrons. The molecule has 118 valence electrons. The average molecular weight is 315 g/mol. The van der Waals surface area contributed by atoms with Crippen molar-refractivity contribution in [3.8, 4) is 6.07 Å². The van der Waals surface area contributed by atoms with Crippen LogP contribution in [0.25, 0.3) is 17.0 Å². The van der Waals surface area contributed by atoms with Crippen LogP contribution in [0.2, 0.25) is 0 Å². The number of nitriles is 1. The minimum Gasteiger partial charge on any atom is -0.365 e. The first-order valence-electron chi connectivity index (χ1n) is 7.63. The number of amides is 1. The summed E-state index contributed by atoms with van der Waals surface area (Å²) >= 11 is 0. The van der Waals surface area contributed by atoms with E-state index in [1.807, 2.05) is 36.5 Å². The molecule has 3 aromatic rings. The van der Waals surface area contributed by atoms with E-state index in [1.54, 1.807) is 6.08 Å². The Hall–Kier alpha value is -3.32. The first kappa shape index (κ1) is 15.6. The van der Waals surface area contributed by atoms with Gasteiger partial charge in [-0.1, -0.05) is 48.0 Å². The van der Waals surface area contributed by atoms with Gasteiger partial charge in [-0.05, 0) is 24.6 Å². The summed E-state index contributed by atoms with van der Waals surface area (Å²) in [5.41, 5.74) is 9.47. The van der Waals surface area contributed by atoms with Gasteiger partial charge in [0.25, 0.3) is 5.91 Å². The number of aryl methyl sites for hydroxylation is 1. The number of primary amides is 1.